The van der Waals surface area contributed by atoms with Crippen molar-refractivity contribution in [2.24, 2.45) is 0 Å². The van der Waals surface area contributed by atoms with Crippen molar-refractivity contribution in [3.05, 3.63) is 69.8 Å². The van der Waals surface area contributed by atoms with Crippen molar-refractivity contribution in [1.29, 1.82) is 0 Å². The van der Waals surface area contributed by atoms with E-state index >= 15 is 0 Å². The van der Waals surface area contributed by atoms with Gasteiger partial charge in [0.2, 0.25) is 0 Å². The summed E-state index contributed by atoms with van der Waals surface area (Å²) in [5.41, 5.74) is 1.05. The van der Waals surface area contributed by atoms with Crippen molar-refractivity contribution in [3.8, 4) is 0 Å². The zero-order valence-electron chi connectivity index (χ0n) is 16.7. The van der Waals surface area contributed by atoms with Gasteiger partial charge in [-0.25, -0.2) is 17.6 Å². The van der Waals surface area contributed by atoms with E-state index in [0.29, 0.717) is 37.9 Å². The molecule has 0 radical (unpaired) electrons. The van der Waals surface area contributed by atoms with Crippen molar-refractivity contribution < 1.29 is 27.0 Å². The van der Waals surface area contributed by atoms with Gasteiger partial charge in [-0.15, -0.1) is 0 Å². The van der Waals surface area contributed by atoms with Gasteiger partial charge in [-0.05, 0) is 56.6 Å². The molecule has 0 bridgehead atoms. The fraction of sp³-hybridized carbons (Fsp3) is 0.478. The highest BCUT2D eigenvalue weighted by Crippen LogP contribution is 2.36. The van der Waals surface area contributed by atoms with Gasteiger partial charge in [0.05, 0.1) is 19.3 Å². The number of ether oxygens (including phenoxy) is 2. The van der Waals surface area contributed by atoms with E-state index in [1.807, 2.05) is 0 Å². The van der Waals surface area contributed by atoms with Gasteiger partial charge in [0.1, 0.15) is 0 Å². The first-order valence-electron chi connectivity index (χ1n) is 10.0. The summed E-state index contributed by atoms with van der Waals surface area (Å²) < 4.78 is 67.3. The van der Waals surface area contributed by atoms with Gasteiger partial charge in [0.25, 0.3) is 0 Å². The molecule has 1 fully saturated rings. The predicted molar refractivity (Wildman–Crippen MR) is 103 cm³/mol. The molecule has 0 unspecified atom stereocenters. The van der Waals surface area contributed by atoms with E-state index in [1.165, 1.54) is 19.1 Å². The molecule has 1 aliphatic rings. The first-order chi connectivity index (χ1) is 13.9. The molecule has 0 N–H and O–H groups in total. The smallest absolute Gasteiger partial charge is 0.164 e. The Morgan fingerprint density at radius 3 is 2.10 bits per heavy atom. The highest BCUT2D eigenvalue weighted by atomic mass is 19.2. The third-order valence-electron chi connectivity index (χ3n) is 5.60. The first-order valence-corrected chi connectivity index (χ1v) is 10.0. The molecule has 0 heterocycles. The minimum absolute atomic E-state index is 0.00647. The quantitative estimate of drug-likeness (QED) is 0.497. The Morgan fingerprint density at radius 2 is 1.41 bits per heavy atom. The van der Waals surface area contributed by atoms with Crippen LogP contribution in [0.15, 0.2) is 24.3 Å². The molecule has 3 rings (SSSR count). The van der Waals surface area contributed by atoms with Crippen molar-refractivity contribution >= 4 is 0 Å². The Balaban J connectivity index is 1.57. The maximum Gasteiger partial charge on any atom is 0.164 e. The predicted octanol–water partition coefficient (Wildman–Crippen LogP) is 6.33. The molecule has 0 saturated heterocycles. The second-order valence-corrected chi connectivity index (χ2v) is 7.53. The van der Waals surface area contributed by atoms with E-state index in [9.17, 15) is 17.6 Å². The van der Waals surface area contributed by atoms with Crippen molar-refractivity contribution in [2.75, 3.05) is 6.61 Å². The Kier molecular flexibility index (Phi) is 7.30. The molecule has 2 aromatic carbocycles. The molecule has 0 spiro atoms. The Hall–Kier alpha value is -1.92. The maximum atomic E-state index is 14.5. The van der Waals surface area contributed by atoms with Crippen LogP contribution in [0.25, 0.3) is 0 Å². The van der Waals surface area contributed by atoms with Crippen LogP contribution in [-0.4, -0.2) is 12.7 Å². The molecule has 2 aromatic rings. The molecular formula is C23H26F4O2. The summed E-state index contributed by atoms with van der Waals surface area (Å²) in [5.74, 6) is -3.45. The van der Waals surface area contributed by atoms with Crippen LogP contribution >= 0.6 is 0 Å². The van der Waals surface area contributed by atoms with Crippen LogP contribution in [0.1, 0.15) is 60.8 Å². The van der Waals surface area contributed by atoms with Crippen molar-refractivity contribution in [1.82, 2.24) is 0 Å². The first kappa shape index (κ1) is 21.8. The van der Waals surface area contributed by atoms with E-state index < -0.39 is 23.3 Å². The van der Waals surface area contributed by atoms with E-state index in [1.54, 1.807) is 19.1 Å². The van der Waals surface area contributed by atoms with E-state index in [2.05, 4.69) is 0 Å². The molecule has 158 valence electrons. The molecule has 1 saturated carbocycles. The molecule has 29 heavy (non-hydrogen) atoms. The van der Waals surface area contributed by atoms with Crippen LogP contribution in [0.5, 0.6) is 0 Å². The number of rotatable bonds is 7. The molecule has 0 aromatic heterocycles. The van der Waals surface area contributed by atoms with Gasteiger partial charge in [-0.3, -0.25) is 0 Å². The summed E-state index contributed by atoms with van der Waals surface area (Å²) >= 11 is 0. The average Bonchev–Trinajstić information content (AvgIpc) is 2.73. The third kappa shape index (κ3) is 4.98. The molecule has 2 nitrogen and oxygen atoms in total. The standard InChI is InChI=1S/C23H26F4O2/c1-3-28-12-16-8-11-19(23(27)22(16)26)15-6-9-18(10-7-15)29-13-17-5-4-14(2)20(24)21(17)25/h4-5,8,11,15,18H,3,6-7,9-10,12-13H2,1-2H3. The molecule has 0 aliphatic heterocycles. The third-order valence-corrected chi connectivity index (χ3v) is 5.60. The summed E-state index contributed by atoms with van der Waals surface area (Å²) in [4.78, 5) is 0. The SMILES string of the molecule is CCOCc1ccc(C2CCC(OCc3ccc(C)c(F)c3F)CC2)c(F)c1F. The van der Waals surface area contributed by atoms with Gasteiger partial charge >= 0.3 is 0 Å². The number of aryl methyl sites for hydroxylation is 1. The van der Waals surface area contributed by atoms with Crippen molar-refractivity contribution in [2.45, 2.75) is 64.8 Å². The van der Waals surface area contributed by atoms with Gasteiger partial charge in [0, 0.05) is 17.7 Å². The van der Waals surface area contributed by atoms with Crippen LogP contribution in [0, 0.1) is 30.2 Å². The molecule has 0 atom stereocenters. The molecule has 0 amide bonds. The zero-order chi connectivity index (χ0) is 21.0. The lowest BCUT2D eigenvalue weighted by Gasteiger charge is -2.29. The minimum Gasteiger partial charge on any atom is -0.377 e. The fourth-order valence-electron chi connectivity index (χ4n) is 3.79. The summed E-state index contributed by atoms with van der Waals surface area (Å²) in [5, 5.41) is 0. The van der Waals surface area contributed by atoms with Crippen LogP contribution in [0.4, 0.5) is 17.6 Å². The fourth-order valence-corrected chi connectivity index (χ4v) is 3.79. The highest BCUT2D eigenvalue weighted by Gasteiger charge is 2.27. The lowest BCUT2D eigenvalue weighted by Crippen LogP contribution is -2.22. The van der Waals surface area contributed by atoms with Crippen LogP contribution in [-0.2, 0) is 22.7 Å². The maximum absolute atomic E-state index is 14.5. The summed E-state index contributed by atoms with van der Waals surface area (Å²) in [6.45, 7) is 3.79. The van der Waals surface area contributed by atoms with E-state index in [4.69, 9.17) is 9.47 Å². The monoisotopic (exact) mass is 410 g/mol. The second-order valence-electron chi connectivity index (χ2n) is 7.53. The van der Waals surface area contributed by atoms with E-state index in [-0.39, 0.29) is 41.9 Å². The summed E-state index contributed by atoms with van der Waals surface area (Å²) in [6, 6.07) is 6.28. The molecule has 6 heteroatoms. The van der Waals surface area contributed by atoms with Crippen LogP contribution in [0.3, 0.4) is 0 Å². The Morgan fingerprint density at radius 1 is 0.793 bits per heavy atom. The number of hydrogen-bond acceptors (Lipinski definition) is 2. The number of halogens is 4. The van der Waals surface area contributed by atoms with Gasteiger partial charge in [-0.2, -0.15) is 0 Å². The molecule has 1 aliphatic carbocycles. The van der Waals surface area contributed by atoms with Crippen molar-refractivity contribution in [3.63, 3.8) is 0 Å². The lowest BCUT2D eigenvalue weighted by atomic mass is 9.82. The van der Waals surface area contributed by atoms with Crippen LogP contribution in [0.2, 0.25) is 0 Å². The summed E-state index contributed by atoms with van der Waals surface area (Å²) in [6.07, 6.45) is 2.50. The second kappa shape index (κ2) is 9.72. The normalized spacial score (nSPS) is 19.5. The van der Waals surface area contributed by atoms with Gasteiger partial charge < -0.3 is 9.47 Å². The van der Waals surface area contributed by atoms with Gasteiger partial charge in [-0.1, -0.05) is 24.3 Å². The summed E-state index contributed by atoms with van der Waals surface area (Å²) in [7, 11) is 0. The van der Waals surface area contributed by atoms with Gasteiger partial charge in [0.15, 0.2) is 23.3 Å². The lowest BCUT2D eigenvalue weighted by molar-refractivity contribution is 0.0116. The highest BCUT2D eigenvalue weighted by molar-refractivity contribution is 5.29. The van der Waals surface area contributed by atoms with Crippen LogP contribution < -0.4 is 0 Å². The zero-order valence-corrected chi connectivity index (χ0v) is 16.7. The number of benzene rings is 2. The Bertz CT molecular complexity index is 845. The Labute approximate surface area is 168 Å². The molecular weight excluding hydrogens is 384 g/mol. The largest absolute Gasteiger partial charge is 0.377 e. The average molecular weight is 410 g/mol. The number of hydrogen-bond donors (Lipinski definition) is 0. The van der Waals surface area contributed by atoms with E-state index in [0.717, 1.165) is 0 Å². The topological polar surface area (TPSA) is 18.5 Å². The minimum atomic E-state index is -0.872.